The van der Waals surface area contributed by atoms with Crippen LogP contribution in [0, 0.1) is 0 Å². The van der Waals surface area contributed by atoms with Gasteiger partial charge in [-0.05, 0) is 19.1 Å². The molecule has 0 aromatic carbocycles. The van der Waals surface area contributed by atoms with Gasteiger partial charge in [-0.15, -0.1) is 0 Å². The molecule has 0 saturated carbocycles. The lowest BCUT2D eigenvalue weighted by Crippen LogP contribution is -2.01. The molecule has 0 heterocycles. The molecule has 1 aliphatic carbocycles. The van der Waals surface area contributed by atoms with E-state index in [1.165, 1.54) is 0 Å². The molecule has 0 radical (unpaired) electrons. The van der Waals surface area contributed by atoms with E-state index in [1.54, 1.807) is 6.08 Å². The summed E-state index contributed by atoms with van der Waals surface area (Å²) < 4.78 is 0. The average Bonchev–Trinajstić information content (AvgIpc) is 2.04. The molecule has 0 saturated heterocycles. The van der Waals surface area contributed by atoms with E-state index in [2.05, 4.69) is 11.6 Å². The Morgan fingerprint density at radius 1 is 1.62 bits per heavy atom. The second-order valence-corrected chi connectivity index (χ2v) is 3.01. The van der Waals surface area contributed by atoms with Gasteiger partial charge in [-0.2, -0.15) is 0 Å². The molecule has 1 rings (SSSR count). The van der Waals surface area contributed by atoms with Crippen molar-refractivity contribution in [2.75, 3.05) is 0 Å². The van der Waals surface area contributed by atoms with E-state index >= 15 is 0 Å². The third kappa shape index (κ3) is 3.56. The lowest BCUT2D eigenvalue weighted by Gasteiger charge is -2.01. The highest BCUT2D eigenvalue weighted by molar-refractivity contribution is 5.97. The Morgan fingerprint density at radius 3 is 2.92 bits per heavy atom. The van der Waals surface area contributed by atoms with E-state index in [-0.39, 0.29) is 0 Å². The lowest BCUT2D eigenvalue weighted by molar-refractivity contribution is 1.21. The molecule has 1 aliphatic rings. The first kappa shape index (κ1) is 9.52. The second-order valence-electron chi connectivity index (χ2n) is 3.01. The predicted octanol–water partition coefficient (Wildman–Crippen LogP) is 2.32. The van der Waals surface area contributed by atoms with Crippen LogP contribution in [-0.4, -0.2) is 5.71 Å². The van der Waals surface area contributed by atoms with Crippen molar-refractivity contribution >= 4 is 5.71 Å². The minimum absolute atomic E-state index is 0.516. The standard InChI is InChI=1S/C11H14N2/c1-9(2)8-11(12)13-10-6-4-3-5-7-10/h3-6,8H,1,7,12H2,2H3/b11-8-,13-10?. The van der Waals surface area contributed by atoms with Crippen LogP contribution in [0.5, 0.6) is 0 Å². The largest absolute Gasteiger partial charge is 0.384 e. The van der Waals surface area contributed by atoms with Crippen LogP contribution in [0.25, 0.3) is 0 Å². The van der Waals surface area contributed by atoms with E-state index in [1.807, 2.05) is 31.2 Å². The Kier molecular flexibility index (Phi) is 3.26. The van der Waals surface area contributed by atoms with Crippen molar-refractivity contribution in [1.29, 1.82) is 0 Å². The molecule has 0 unspecified atom stereocenters. The van der Waals surface area contributed by atoms with Crippen molar-refractivity contribution < 1.29 is 0 Å². The van der Waals surface area contributed by atoms with E-state index in [0.29, 0.717) is 5.82 Å². The van der Waals surface area contributed by atoms with Crippen molar-refractivity contribution in [2.24, 2.45) is 10.7 Å². The third-order valence-electron chi connectivity index (χ3n) is 1.53. The number of rotatable bonds is 2. The number of hydrogen-bond donors (Lipinski definition) is 1. The van der Waals surface area contributed by atoms with E-state index in [4.69, 9.17) is 5.73 Å². The summed E-state index contributed by atoms with van der Waals surface area (Å²) in [5, 5.41) is 0. The van der Waals surface area contributed by atoms with Crippen molar-refractivity contribution in [3.8, 4) is 0 Å². The van der Waals surface area contributed by atoms with Crippen LogP contribution in [0.2, 0.25) is 0 Å². The monoisotopic (exact) mass is 174 g/mol. The van der Waals surface area contributed by atoms with Gasteiger partial charge in [-0.25, -0.2) is 4.99 Å². The maximum Gasteiger partial charge on any atom is 0.123 e. The summed E-state index contributed by atoms with van der Waals surface area (Å²) in [4.78, 5) is 4.23. The topological polar surface area (TPSA) is 38.4 Å². The molecule has 2 heteroatoms. The number of hydrogen-bond acceptors (Lipinski definition) is 2. The number of allylic oxidation sites excluding steroid dienone is 6. The summed E-state index contributed by atoms with van der Waals surface area (Å²) in [5.41, 5.74) is 7.56. The van der Waals surface area contributed by atoms with Gasteiger partial charge < -0.3 is 5.73 Å². The quantitative estimate of drug-likeness (QED) is 0.641. The summed E-state index contributed by atoms with van der Waals surface area (Å²) in [6.45, 7) is 5.62. The Bertz CT molecular complexity index is 317. The maximum absolute atomic E-state index is 5.66. The molecule has 0 amide bonds. The molecule has 13 heavy (non-hydrogen) atoms. The predicted molar refractivity (Wildman–Crippen MR) is 57.4 cm³/mol. The van der Waals surface area contributed by atoms with Gasteiger partial charge in [0, 0.05) is 12.1 Å². The number of nitrogens with zero attached hydrogens (tertiary/aromatic N) is 1. The summed E-state index contributed by atoms with van der Waals surface area (Å²) in [6, 6.07) is 0. The zero-order chi connectivity index (χ0) is 9.68. The van der Waals surface area contributed by atoms with Crippen LogP contribution in [0.4, 0.5) is 0 Å². The van der Waals surface area contributed by atoms with Gasteiger partial charge in [0.2, 0.25) is 0 Å². The molecule has 0 aliphatic heterocycles. The van der Waals surface area contributed by atoms with Crippen LogP contribution >= 0.6 is 0 Å². The van der Waals surface area contributed by atoms with Gasteiger partial charge in [0.05, 0.1) is 0 Å². The van der Waals surface area contributed by atoms with Crippen molar-refractivity contribution in [3.05, 3.63) is 48.4 Å². The highest BCUT2D eigenvalue weighted by Crippen LogP contribution is 2.03. The molecule has 2 nitrogen and oxygen atoms in total. The lowest BCUT2D eigenvalue weighted by atomic mass is 10.1. The van der Waals surface area contributed by atoms with Gasteiger partial charge >= 0.3 is 0 Å². The highest BCUT2D eigenvalue weighted by atomic mass is 14.9. The first-order valence-corrected chi connectivity index (χ1v) is 4.22. The summed E-state index contributed by atoms with van der Waals surface area (Å²) >= 11 is 0. The molecular weight excluding hydrogens is 160 g/mol. The van der Waals surface area contributed by atoms with E-state index in [9.17, 15) is 0 Å². The van der Waals surface area contributed by atoms with Crippen LogP contribution < -0.4 is 5.73 Å². The molecule has 2 N–H and O–H groups in total. The Balaban J connectivity index is 2.71. The molecular formula is C11H14N2. The van der Waals surface area contributed by atoms with Gasteiger partial charge in [0.1, 0.15) is 5.82 Å². The van der Waals surface area contributed by atoms with Crippen LogP contribution in [-0.2, 0) is 0 Å². The first-order valence-electron chi connectivity index (χ1n) is 4.22. The summed E-state index contributed by atoms with van der Waals surface area (Å²) in [7, 11) is 0. The smallest absolute Gasteiger partial charge is 0.123 e. The maximum atomic E-state index is 5.66. The minimum Gasteiger partial charge on any atom is -0.384 e. The summed E-state index contributed by atoms with van der Waals surface area (Å²) in [5.74, 6) is 0.516. The van der Waals surface area contributed by atoms with Gasteiger partial charge in [-0.3, -0.25) is 0 Å². The van der Waals surface area contributed by atoms with E-state index in [0.717, 1.165) is 17.7 Å². The Hall–Kier alpha value is -1.57. The first-order chi connectivity index (χ1) is 6.18. The SMILES string of the molecule is C=C(C)/C=C(/N)N=C1C=CC=CC1. The molecule has 0 atom stereocenters. The highest BCUT2D eigenvalue weighted by Gasteiger charge is 1.95. The van der Waals surface area contributed by atoms with Crippen molar-refractivity contribution in [2.45, 2.75) is 13.3 Å². The molecule has 0 aromatic rings. The zero-order valence-electron chi connectivity index (χ0n) is 7.83. The van der Waals surface area contributed by atoms with Crippen LogP contribution in [0.3, 0.4) is 0 Å². The summed E-state index contributed by atoms with van der Waals surface area (Å²) in [6.07, 6.45) is 10.6. The molecule has 0 spiro atoms. The Labute approximate surface area is 78.9 Å². The van der Waals surface area contributed by atoms with Crippen molar-refractivity contribution in [3.63, 3.8) is 0 Å². The Morgan fingerprint density at radius 2 is 2.38 bits per heavy atom. The third-order valence-corrected chi connectivity index (χ3v) is 1.53. The zero-order valence-corrected chi connectivity index (χ0v) is 7.83. The van der Waals surface area contributed by atoms with Gasteiger partial charge in [-0.1, -0.05) is 30.4 Å². The minimum atomic E-state index is 0.516. The van der Waals surface area contributed by atoms with E-state index < -0.39 is 0 Å². The number of aliphatic imine (C=N–C) groups is 1. The fourth-order valence-corrected chi connectivity index (χ4v) is 1.04. The second kappa shape index (κ2) is 4.45. The van der Waals surface area contributed by atoms with Crippen LogP contribution in [0.1, 0.15) is 13.3 Å². The average molecular weight is 174 g/mol. The number of nitrogens with two attached hydrogens (primary N) is 1. The van der Waals surface area contributed by atoms with Gasteiger partial charge in [0.15, 0.2) is 0 Å². The van der Waals surface area contributed by atoms with Crippen LogP contribution in [0.15, 0.2) is 53.3 Å². The fraction of sp³-hybridized carbons (Fsp3) is 0.182. The molecule has 0 aromatic heterocycles. The normalized spacial score (nSPS) is 19.5. The van der Waals surface area contributed by atoms with Crippen molar-refractivity contribution in [1.82, 2.24) is 0 Å². The fourth-order valence-electron chi connectivity index (χ4n) is 1.04. The molecule has 68 valence electrons. The van der Waals surface area contributed by atoms with Gasteiger partial charge in [0.25, 0.3) is 0 Å². The molecule has 0 bridgehead atoms. The molecule has 0 fully saturated rings.